The zero-order chi connectivity index (χ0) is 13.7. The van der Waals surface area contributed by atoms with E-state index < -0.39 is 0 Å². The number of hydrogen-bond acceptors (Lipinski definition) is 5. The van der Waals surface area contributed by atoms with Crippen molar-refractivity contribution < 1.29 is 5.11 Å². The maximum Gasteiger partial charge on any atom is 0.189 e. The summed E-state index contributed by atoms with van der Waals surface area (Å²) in [7, 11) is 0. The molecule has 1 aromatic heterocycles. The Balaban J connectivity index is 1.45. The molecule has 0 saturated heterocycles. The number of aliphatic hydroxyl groups excluding tert-OH is 1. The Morgan fingerprint density at radius 3 is 2.90 bits per heavy atom. The third-order valence-electron chi connectivity index (χ3n) is 5.10. The molecular weight excluding hydrogens is 270 g/mol. The SMILES string of the molecule is CCCCSc1ncc(CO)c(NC2CC3C4C2C34)n1. The summed E-state index contributed by atoms with van der Waals surface area (Å²) in [6.07, 6.45) is 5.46. The van der Waals surface area contributed by atoms with E-state index in [0.717, 1.165) is 46.0 Å². The number of aromatic nitrogens is 2. The highest BCUT2D eigenvalue weighted by Crippen LogP contribution is 2.81. The Morgan fingerprint density at radius 2 is 2.25 bits per heavy atom. The Bertz CT molecular complexity index is 507. The maximum absolute atomic E-state index is 9.45. The Hall–Kier alpha value is -0.810. The van der Waals surface area contributed by atoms with Crippen LogP contribution in [0.1, 0.15) is 31.7 Å². The van der Waals surface area contributed by atoms with Gasteiger partial charge in [0, 0.05) is 23.6 Å². The summed E-state index contributed by atoms with van der Waals surface area (Å²) in [5.74, 6) is 5.90. The zero-order valence-electron chi connectivity index (χ0n) is 11.7. The molecule has 3 atom stereocenters. The first-order chi connectivity index (χ1) is 9.83. The van der Waals surface area contributed by atoms with Gasteiger partial charge in [-0.15, -0.1) is 0 Å². The molecule has 0 radical (unpaired) electrons. The molecule has 4 saturated carbocycles. The third kappa shape index (κ3) is 2.02. The molecular formula is C15H21N3OS. The van der Waals surface area contributed by atoms with E-state index in [1.54, 1.807) is 18.0 Å². The van der Waals surface area contributed by atoms with E-state index >= 15 is 0 Å². The smallest absolute Gasteiger partial charge is 0.189 e. The van der Waals surface area contributed by atoms with Gasteiger partial charge in [-0.2, -0.15) is 0 Å². The topological polar surface area (TPSA) is 58.0 Å². The molecule has 20 heavy (non-hydrogen) atoms. The molecule has 1 aromatic rings. The molecule has 3 unspecified atom stereocenters. The van der Waals surface area contributed by atoms with Crippen molar-refractivity contribution in [2.24, 2.45) is 23.7 Å². The molecule has 2 N–H and O–H groups in total. The second kappa shape index (κ2) is 4.88. The Labute approximate surface area is 123 Å². The molecule has 0 amide bonds. The van der Waals surface area contributed by atoms with Gasteiger partial charge in [0.25, 0.3) is 0 Å². The first kappa shape index (κ1) is 12.9. The average molecular weight is 291 g/mol. The largest absolute Gasteiger partial charge is 0.391 e. The molecule has 2 bridgehead atoms. The molecule has 108 valence electrons. The van der Waals surface area contributed by atoms with Crippen molar-refractivity contribution in [2.45, 2.75) is 44.0 Å². The quantitative estimate of drug-likeness (QED) is 0.459. The summed E-state index contributed by atoms with van der Waals surface area (Å²) < 4.78 is 0. The number of nitrogens with zero attached hydrogens (tertiary/aromatic N) is 2. The Kier molecular flexibility index (Phi) is 3.15. The third-order valence-corrected chi connectivity index (χ3v) is 6.04. The van der Waals surface area contributed by atoms with Gasteiger partial charge in [-0.1, -0.05) is 25.1 Å². The number of fused-ring (bicyclic) bond motifs is 1. The predicted octanol–water partition coefficient (Wildman–Crippen LogP) is 2.54. The first-order valence-electron chi connectivity index (χ1n) is 7.69. The molecule has 4 aliphatic carbocycles. The second-order valence-corrected chi connectivity index (χ2v) is 7.33. The lowest BCUT2D eigenvalue weighted by Crippen LogP contribution is -2.20. The van der Waals surface area contributed by atoms with Gasteiger partial charge in [0.2, 0.25) is 0 Å². The molecule has 0 spiro atoms. The van der Waals surface area contributed by atoms with E-state index in [9.17, 15) is 5.11 Å². The summed E-state index contributed by atoms with van der Waals surface area (Å²) in [6, 6.07) is 0.587. The molecule has 0 aliphatic heterocycles. The molecule has 4 nitrogen and oxygen atoms in total. The van der Waals surface area contributed by atoms with Gasteiger partial charge in [-0.3, -0.25) is 0 Å². The van der Waals surface area contributed by atoms with Gasteiger partial charge >= 0.3 is 0 Å². The fourth-order valence-electron chi connectivity index (χ4n) is 3.88. The summed E-state index contributed by atoms with van der Waals surface area (Å²) >= 11 is 1.71. The van der Waals surface area contributed by atoms with Gasteiger partial charge < -0.3 is 10.4 Å². The highest BCUT2D eigenvalue weighted by molar-refractivity contribution is 7.99. The van der Waals surface area contributed by atoms with Crippen LogP contribution in [0.4, 0.5) is 5.82 Å². The standard InChI is InChI=1S/C15H21N3OS/c1-2-3-4-20-15-16-6-8(7-19)14(18-15)17-10-5-9-11-12(9)13(10)11/h6,9-13,19H,2-5,7H2,1H3,(H,16,17,18). The summed E-state index contributed by atoms with van der Waals surface area (Å²) in [4.78, 5) is 8.96. The zero-order valence-corrected chi connectivity index (χ0v) is 12.6. The van der Waals surface area contributed by atoms with Gasteiger partial charge in [-0.05, 0) is 36.5 Å². The second-order valence-electron chi connectivity index (χ2n) is 6.27. The first-order valence-corrected chi connectivity index (χ1v) is 8.68. The van der Waals surface area contributed by atoms with Crippen LogP contribution in [0.5, 0.6) is 0 Å². The number of rotatable bonds is 7. The van der Waals surface area contributed by atoms with E-state index in [2.05, 4.69) is 22.2 Å². The van der Waals surface area contributed by atoms with Crippen LogP contribution in [-0.4, -0.2) is 26.9 Å². The monoisotopic (exact) mass is 291 g/mol. The van der Waals surface area contributed by atoms with Crippen molar-refractivity contribution in [1.82, 2.24) is 9.97 Å². The molecule has 1 heterocycles. The van der Waals surface area contributed by atoms with E-state index in [0.29, 0.717) is 6.04 Å². The van der Waals surface area contributed by atoms with E-state index in [-0.39, 0.29) is 6.61 Å². The van der Waals surface area contributed by atoms with Crippen LogP contribution in [0.3, 0.4) is 0 Å². The van der Waals surface area contributed by atoms with Gasteiger partial charge in [-0.25, -0.2) is 9.97 Å². The van der Waals surface area contributed by atoms with Crippen LogP contribution in [0, 0.1) is 23.7 Å². The van der Waals surface area contributed by atoms with Crippen LogP contribution in [0.15, 0.2) is 11.4 Å². The van der Waals surface area contributed by atoms with Crippen molar-refractivity contribution in [2.75, 3.05) is 11.1 Å². The van der Waals surface area contributed by atoms with Crippen molar-refractivity contribution in [3.63, 3.8) is 0 Å². The number of aliphatic hydroxyl groups is 1. The van der Waals surface area contributed by atoms with Gasteiger partial charge in [0.15, 0.2) is 5.16 Å². The van der Waals surface area contributed by atoms with Crippen LogP contribution in [0.2, 0.25) is 0 Å². The molecule has 4 fully saturated rings. The predicted molar refractivity (Wildman–Crippen MR) is 79.6 cm³/mol. The fourth-order valence-corrected chi connectivity index (χ4v) is 4.78. The summed E-state index contributed by atoms with van der Waals surface area (Å²) in [6.45, 7) is 2.20. The van der Waals surface area contributed by atoms with Crippen LogP contribution >= 0.6 is 11.8 Å². The fraction of sp³-hybridized carbons (Fsp3) is 0.733. The lowest BCUT2D eigenvalue weighted by atomic mass is 10.2. The number of hydrogen-bond donors (Lipinski definition) is 2. The lowest BCUT2D eigenvalue weighted by Gasteiger charge is -2.16. The molecule has 5 heteroatoms. The number of unbranched alkanes of at least 4 members (excludes halogenated alkanes) is 1. The van der Waals surface area contributed by atoms with Crippen LogP contribution in [-0.2, 0) is 6.61 Å². The molecule has 0 aromatic carbocycles. The Morgan fingerprint density at radius 1 is 1.40 bits per heavy atom. The van der Waals surface area contributed by atoms with Crippen molar-refractivity contribution >= 4 is 17.6 Å². The summed E-state index contributed by atoms with van der Waals surface area (Å²) in [5, 5.41) is 13.9. The summed E-state index contributed by atoms with van der Waals surface area (Å²) in [5.41, 5.74) is 0.823. The number of nitrogens with one attached hydrogen (secondary N) is 1. The van der Waals surface area contributed by atoms with E-state index in [4.69, 9.17) is 0 Å². The highest BCUT2D eigenvalue weighted by atomic mass is 32.2. The van der Waals surface area contributed by atoms with Crippen molar-refractivity contribution in [1.29, 1.82) is 0 Å². The minimum absolute atomic E-state index is 0.00983. The lowest BCUT2D eigenvalue weighted by molar-refractivity contribution is 0.281. The number of thioether (sulfide) groups is 1. The van der Waals surface area contributed by atoms with Crippen molar-refractivity contribution in [3.8, 4) is 0 Å². The van der Waals surface area contributed by atoms with E-state index in [1.807, 2.05) is 0 Å². The molecule has 5 rings (SSSR count). The van der Waals surface area contributed by atoms with Gasteiger partial charge in [0.05, 0.1) is 6.61 Å². The molecule has 4 aliphatic rings. The van der Waals surface area contributed by atoms with E-state index in [1.165, 1.54) is 19.3 Å². The minimum Gasteiger partial charge on any atom is -0.391 e. The van der Waals surface area contributed by atoms with Crippen molar-refractivity contribution in [3.05, 3.63) is 11.8 Å². The minimum atomic E-state index is 0.00983. The van der Waals surface area contributed by atoms with Crippen LogP contribution < -0.4 is 5.32 Å². The average Bonchev–Trinajstić information content (AvgIpc) is 3.28. The van der Waals surface area contributed by atoms with Gasteiger partial charge in [0.1, 0.15) is 5.82 Å². The normalized spacial score (nSPS) is 35.8. The van der Waals surface area contributed by atoms with Crippen LogP contribution in [0.25, 0.3) is 0 Å². The maximum atomic E-state index is 9.45. The highest BCUT2D eigenvalue weighted by Gasteiger charge is 2.80. The number of anilines is 1.